The van der Waals surface area contributed by atoms with Gasteiger partial charge in [0, 0.05) is 12.8 Å². The molecule has 0 unspecified atom stereocenters. The van der Waals surface area contributed by atoms with Gasteiger partial charge in [-0.1, -0.05) is 6.92 Å². The van der Waals surface area contributed by atoms with Gasteiger partial charge in [0.1, 0.15) is 11.8 Å². The zero-order valence-electron chi connectivity index (χ0n) is 8.37. The van der Waals surface area contributed by atoms with Crippen LogP contribution in [0.5, 0.6) is 0 Å². The van der Waals surface area contributed by atoms with E-state index < -0.39 is 12.0 Å². The largest absolute Gasteiger partial charge is 0.480 e. The van der Waals surface area contributed by atoms with Crippen LogP contribution < -0.4 is 5.32 Å². The first-order valence-electron chi connectivity index (χ1n) is 4.49. The first kappa shape index (κ1) is 12.6. The molecule has 1 atom stereocenters. The molecule has 80 valence electrons. The van der Waals surface area contributed by atoms with Gasteiger partial charge in [0.25, 0.3) is 0 Å². The van der Waals surface area contributed by atoms with Crippen LogP contribution in [0.1, 0.15) is 33.1 Å². The van der Waals surface area contributed by atoms with Crippen molar-refractivity contribution in [3.8, 4) is 0 Å². The number of rotatable bonds is 6. The molecule has 0 aromatic heterocycles. The van der Waals surface area contributed by atoms with Crippen LogP contribution in [-0.2, 0) is 14.4 Å². The van der Waals surface area contributed by atoms with E-state index in [2.05, 4.69) is 5.32 Å². The Kier molecular flexibility index (Phi) is 5.52. The second-order valence-corrected chi connectivity index (χ2v) is 3.05. The van der Waals surface area contributed by atoms with Gasteiger partial charge in [0.05, 0.1) is 0 Å². The second kappa shape index (κ2) is 6.12. The summed E-state index contributed by atoms with van der Waals surface area (Å²) in [7, 11) is 0. The summed E-state index contributed by atoms with van der Waals surface area (Å²) in [5.41, 5.74) is 0. The molecule has 0 rings (SSSR count). The van der Waals surface area contributed by atoms with Gasteiger partial charge in [-0.25, -0.2) is 4.79 Å². The fourth-order valence-corrected chi connectivity index (χ4v) is 0.901. The third kappa shape index (κ3) is 5.29. The predicted molar refractivity (Wildman–Crippen MR) is 49.8 cm³/mol. The van der Waals surface area contributed by atoms with Crippen LogP contribution in [0.15, 0.2) is 0 Å². The summed E-state index contributed by atoms with van der Waals surface area (Å²) >= 11 is 0. The van der Waals surface area contributed by atoms with Crippen molar-refractivity contribution in [2.45, 2.75) is 39.2 Å². The molecule has 14 heavy (non-hydrogen) atoms. The quantitative estimate of drug-likeness (QED) is 0.648. The Labute approximate surface area is 82.5 Å². The SMILES string of the molecule is CCC(=O)N[C@@H](CCC(C)=O)C(=O)O. The number of carboxylic acids is 1. The molecule has 5 nitrogen and oxygen atoms in total. The lowest BCUT2D eigenvalue weighted by Crippen LogP contribution is -2.40. The molecular weight excluding hydrogens is 186 g/mol. The fourth-order valence-electron chi connectivity index (χ4n) is 0.901. The summed E-state index contributed by atoms with van der Waals surface area (Å²) in [6.07, 6.45) is 0.557. The molecule has 2 N–H and O–H groups in total. The molecule has 5 heteroatoms. The average molecular weight is 201 g/mol. The lowest BCUT2D eigenvalue weighted by atomic mass is 10.1. The Hall–Kier alpha value is -1.39. The van der Waals surface area contributed by atoms with E-state index in [1.54, 1.807) is 6.92 Å². The smallest absolute Gasteiger partial charge is 0.326 e. The molecule has 0 radical (unpaired) electrons. The standard InChI is InChI=1S/C9H15NO4/c1-3-8(12)10-7(9(13)14)5-4-6(2)11/h7H,3-5H2,1-2H3,(H,10,12)(H,13,14)/t7-/m0/s1. The zero-order chi connectivity index (χ0) is 11.1. The van der Waals surface area contributed by atoms with Crippen molar-refractivity contribution in [1.29, 1.82) is 0 Å². The molecule has 0 aliphatic heterocycles. The third-order valence-corrected chi connectivity index (χ3v) is 1.74. The molecule has 1 amide bonds. The predicted octanol–water partition coefficient (Wildman–Crippen LogP) is 0.335. The lowest BCUT2D eigenvalue weighted by Gasteiger charge is -2.12. The number of carbonyl (C=O) groups is 3. The summed E-state index contributed by atoms with van der Waals surface area (Å²) in [4.78, 5) is 32.2. The molecule has 0 heterocycles. The minimum absolute atomic E-state index is 0.0815. The van der Waals surface area contributed by atoms with Gasteiger partial charge in [-0.3, -0.25) is 4.79 Å². The van der Waals surface area contributed by atoms with Crippen LogP contribution in [0.3, 0.4) is 0 Å². The Balaban J connectivity index is 4.09. The number of nitrogens with one attached hydrogen (secondary N) is 1. The van der Waals surface area contributed by atoms with Crippen LogP contribution in [0.2, 0.25) is 0 Å². The highest BCUT2D eigenvalue weighted by molar-refractivity contribution is 5.84. The van der Waals surface area contributed by atoms with Crippen molar-refractivity contribution in [2.24, 2.45) is 0 Å². The third-order valence-electron chi connectivity index (χ3n) is 1.74. The van der Waals surface area contributed by atoms with Gasteiger partial charge in [0.15, 0.2) is 0 Å². The van der Waals surface area contributed by atoms with Crippen molar-refractivity contribution < 1.29 is 19.5 Å². The molecule has 0 saturated heterocycles. The molecule has 0 aromatic carbocycles. The Morgan fingerprint density at radius 2 is 1.93 bits per heavy atom. The lowest BCUT2D eigenvalue weighted by molar-refractivity contribution is -0.142. The van der Waals surface area contributed by atoms with Crippen molar-refractivity contribution in [2.75, 3.05) is 0 Å². The number of amides is 1. The molecule has 0 spiro atoms. The number of aliphatic carboxylic acids is 1. The molecule has 0 aromatic rings. The first-order chi connectivity index (χ1) is 6.47. The number of hydrogen-bond donors (Lipinski definition) is 2. The molecular formula is C9H15NO4. The Morgan fingerprint density at radius 1 is 1.36 bits per heavy atom. The van der Waals surface area contributed by atoms with Crippen molar-refractivity contribution in [1.82, 2.24) is 5.32 Å². The second-order valence-electron chi connectivity index (χ2n) is 3.05. The highest BCUT2D eigenvalue weighted by Crippen LogP contribution is 1.99. The van der Waals surface area contributed by atoms with Crippen LogP contribution in [0, 0.1) is 0 Å². The molecule has 0 fully saturated rings. The van der Waals surface area contributed by atoms with Gasteiger partial charge in [0.2, 0.25) is 5.91 Å². The van der Waals surface area contributed by atoms with Crippen LogP contribution >= 0.6 is 0 Å². The minimum Gasteiger partial charge on any atom is -0.480 e. The summed E-state index contributed by atoms with van der Waals surface area (Å²) in [6.45, 7) is 3.03. The van der Waals surface area contributed by atoms with Crippen LogP contribution in [0.25, 0.3) is 0 Å². The molecule has 0 aliphatic rings. The van der Waals surface area contributed by atoms with Crippen LogP contribution in [-0.4, -0.2) is 28.8 Å². The van der Waals surface area contributed by atoms with Gasteiger partial charge < -0.3 is 15.2 Å². The van der Waals surface area contributed by atoms with E-state index in [1.165, 1.54) is 6.92 Å². The summed E-state index contributed by atoms with van der Waals surface area (Å²) in [5, 5.41) is 11.0. The van der Waals surface area contributed by atoms with Crippen molar-refractivity contribution >= 4 is 17.7 Å². The van der Waals surface area contributed by atoms with Gasteiger partial charge >= 0.3 is 5.97 Å². The maximum Gasteiger partial charge on any atom is 0.326 e. The molecule has 0 bridgehead atoms. The number of carbonyl (C=O) groups excluding carboxylic acids is 2. The van der Waals surface area contributed by atoms with E-state index in [0.717, 1.165) is 0 Å². The number of carboxylic acid groups (broad SMARTS) is 1. The zero-order valence-corrected chi connectivity index (χ0v) is 8.37. The first-order valence-corrected chi connectivity index (χ1v) is 4.49. The molecule has 0 aliphatic carbocycles. The Morgan fingerprint density at radius 3 is 2.29 bits per heavy atom. The maximum absolute atomic E-state index is 10.9. The average Bonchev–Trinajstić information content (AvgIpc) is 2.10. The van der Waals surface area contributed by atoms with Crippen LogP contribution in [0.4, 0.5) is 0 Å². The Bertz CT molecular complexity index is 237. The van der Waals surface area contributed by atoms with Gasteiger partial charge in [-0.15, -0.1) is 0 Å². The summed E-state index contributed by atoms with van der Waals surface area (Å²) < 4.78 is 0. The highest BCUT2D eigenvalue weighted by atomic mass is 16.4. The van der Waals surface area contributed by atoms with Crippen molar-refractivity contribution in [3.63, 3.8) is 0 Å². The van der Waals surface area contributed by atoms with E-state index in [4.69, 9.17) is 5.11 Å². The van der Waals surface area contributed by atoms with Gasteiger partial charge in [-0.05, 0) is 13.3 Å². The minimum atomic E-state index is -1.10. The van der Waals surface area contributed by atoms with Gasteiger partial charge in [-0.2, -0.15) is 0 Å². The number of Topliss-reactive ketones (excluding diaryl/α,β-unsaturated/α-hetero) is 1. The van der Waals surface area contributed by atoms with E-state index >= 15 is 0 Å². The summed E-state index contributed by atoms with van der Waals surface area (Å²) in [5.74, 6) is -1.50. The normalized spacial score (nSPS) is 11.9. The topological polar surface area (TPSA) is 83.5 Å². The number of ketones is 1. The monoisotopic (exact) mass is 201 g/mol. The summed E-state index contributed by atoms with van der Waals surface area (Å²) in [6, 6.07) is -0.952. The van der Waals surface area contributed by atoms with E-state index in [9.17, 15) is 14.4 Å². The fraction of sp³-hybridized carbons (Fsp3) is 0.667. The maximum atomic E-state index is 10.9. The number of hydrogen-bond acceptors (Lipinski definition) is 3. The van der Waals surface area contributed by atoms with E-state index in [0.29, 0.717) is 0 Å². The van der Waals surface area contributed by atoms with E-state index in [1.807, 2.05) is 0 Å². The molecule has 0 saturated carbocycles. The highest BCUT2D eigenvalue weighted by Gasteiger charge is 2.19. The van der Waals surface area contributed by atoms with E-state index in [-0.39, 0.29) is 31.0 Å². The van der Waals surface area contributed by atoms with Crippen molar-refractivity contribution in [3.05, 3.63) is 0 Å².